The number of aliphatic hydroxyl groups is 2. The van der Waals surface area contributed by atoms with Gasteiger partial charge in [-0.05, 0) is 23.0 Å². The summed E-state index contributed by atoms with van der Waals surface area (Å²) in [6.45, 7) is 6.07. The van der Waals surface area contributed by atoms with Gasteiger partial charge >= 0.3 is 0 Å². The van der Waals surface area contributed by atoms with Crippen LogP contribution < -0.4 is 0 Å². The Hall–Kier alpha value is -0.860. The Kier molecular flexibility index (Phi) is 3.89. The van der Waals surface area contributed by atoms with Crippen molar-refractivity contribution in [2.75, 3.05) is 0 Å². The van der Waals surface area contributed by atoms with Crippen molar-refractivity contribution >= 4 is 0 Å². The van der Waals surface area contributed by atoms with E-state index < -0.39 is 0 Å². The van der Waals surface area contributed by atoms with E-state index in [1.165, 1.54) is 0 Å². The van der Waals surface area contributed by atoms with Gasteiger partial charge in [0.05, 0.1) is 12.7 Å². The molecule has 0 saturated carbocycles. The molecule has 1 rings (SSSR count). The van der Waals surface area contributed by atoms with E-state index in [9.17, 15) is 5.11 Å². The Morgan fingerprint density at radius 1 is 1.13 bits per heavy atom. The molecule has 1 aromatic rings. The first kappa shape index (κ1) is 12.2. The van der Waals surface area contributed by atoms with Gasteiger partial charge in [0.15, 0.2) is 0 Å². The summed E-state index contributed by atoms with van der Waals surface area (Å²) in [7, 11) is 0. The number of hydrogen-bond donors (Lipinski definition) is 2. The molecule has 0 heterocycles. The minimum absolute atomic E-state index is 0.0348. The monoisotopic (exact) mass is 208 g/mol. The molecule has 1 aromatic carbocycles. The van der Waals surface area contributed by atoms with Crippen LogP contribution in [0.3, 0.4) is 0 Å². The van der Waals surface area contributed by atoms with Gasteiger partial charge in [0.2, 0.25) is 0 Å². The van der Waals surface area contributed by atoms with Crippen molar-refractivity contribution in [1.29, 1.82) is 0 Å². The van der Waals surface area contributed by atoms with E-state index in [-0.39, 0.29) is 18.1 Å². The Balaban J connectivity index is 2.80. The molecule has 0 radical (unpaired) electrons. The standard InChI is InChI=1S/C13H20O2/c1-13(2,3)12(15)8-10-6-4-5-7-11(10)9-14/h4-7,12,14-15H,8-9H2,1-3H3. The maximum atomic E-state index is 9.98. The van der Waals surface area contributed by atoms with Crippen LogP contribution in [0, 0.1) is 5.41 Å². The zero-order valence-electron chi connectivity index (χ0n) is 9.70. The first-order valence-electron chi connectivity index (χ1n) is 5.31. The Labute approximate surface area is 91.6 Å². The van der Waals surface area contributed by atoms with E-state index in [4.69, 9.17) is 5.11 Å². The maximum Gasteiger partial charge on any atom is 0.0684 e. The molecule has 0 aliphatic heterocycles. The fourth-order valence-electron chi connectivity index (χ4n) is 1.43. The van der Waals surface area contributed by atoms with Crippen molar-refractivity contribution < 1.29 is 10.2 Å². The summed E-state index contributed by atoms with van der Waals surface area (Å²) in [5.74, 6) is 0. The molecule has 0 bridgehead atoms. The molecule has 0 spiro atoms. The molecule has 15 heavy (non-hydrogen) atoms. The van der Waals surface area contributed by atoms with E-state index in [1.807, 2.05) is 45.0 Å². The normalized spacial score (nSPS) is 13.9. The highest BCUT2D eigenvalue weighted by atomic mass is 16.3. The van der Waals surface area contributed by atoms with E-state index in [0.29, 0.717) is 6.42 Å². The predicted octanol–water partition coefficient (Wildman–Crippen LogP) is 2.13. The summed E-state index contributed by atoms with van der Waals surface area (Å²) >= 11 is 0. The number of hydrogen-bond acceptors (Lipinski definition) is 2. The molecule has 84 valence electrons. The van der Waals surface area contributed by atoms with E-state index >= 15 is 0 Å². The average Bonchev–Trinajstić information content (AvgIpc) is 2.17. The van der Waals surface area contributed by atoms with Crippen LogP contribution >= 0.6 is 0 Å². The van der Waals surface area contributed by atoms with Gasteiger partial charge in [-0.3, -0.25) is 0 Å². The van der Waals surface area contributed by atoms with Crippen LogP contribution in [0.15, 0.2) is 24.3 Å². The van der Waals surface area contributed by atoms with E-state index in [1.54, 1.807) is 0 Å². The molecule has 2 N–H and O–H groups in total. The summed E-state index contributed by atoms with van der Waals surface area (Å²) < 4.78 is 0. The summed E-state index contributed by atoms with van der Waals surface area (Å²) in [5, 5.41) is 19.1. The van der Waals surface area contributed by atoms with Gasteiger partial charge in [0, 0.05) is 0 Å². The van der Waals surface area contributed by atoms with Crippen molar-refractivity contribution in [2.24, 2.45) is 5.41 Å². The molecule has 1 unspecified atom stereocenters. The zero-order valence-corrected chi connectivity index (χ0v) is 9.70. The van der Waals surface area contributed by atoms with Gasteiger partial charge < -0.3 is 10.2 Å². The van der Waals surface area contributed by atoms with Gasteiger partial charge in [-0.2, -0.15) is 0 Å². The third kappa shape index (κ3) is 3.33. The summed E-state index contributed by atoms with van der Waals surface area (Å²) in [6, 6.07) is 7.69. The molecule has 0 aliphatic rings. The van der Waals surface area contributed by atoms with E-state index in [0.717, 1.165) is 11.1 Å². The average molecular weight is 208 g/mol. The molecular formula is C13H20O2. The second-order valence-electron chi connectivity index (χ2n) is 5.01. The minimum atomic E-state index is -0.384. The zero-order chi connectivity index (χ0) is 11.5. The second-order valence-corrected chi connectivity index (χ2v) is 5.01. The molecule has 0 aromatic heterocycles. The van der Waals surface area contributed by atoms with Gasteiger partial charge in [-0.1, -0.05) is 45.0 Å². The maximum absolute atomic E-state index is 9.98. The lowest BCUT2D eigenvalue weighted by Crippen LogP contribution is -2.28. The molecule has 0 aliphatic carbocycles. The highest BCUT2D eigenvalue weighted by molar-refractivity contribution is 5.27. The third-order valence-electron chi connectivity index (χ3n) is 2.70. The molecule has 1 atom stereocenters. The lowest BCUT2D eigenvalue weighted by molar-refractivity contribution is 0.0632. The Morgan fingerprint density at radius 3 is 2.13 bits per heavy atom. The lowest BCUT2D eigenvalue weighted by Gasteiger charge is -2.26. The largest absolute Gasteiger partial charge is 0.392 e. The molecule has 0 amide bonds. The fourth-order valence-corrected chi connectivity index (χ4v) is 1.43. The first-order chi connectivity index (χ1) is 6.95. The van der Waals surface area contributed by atoms with Crippen LogP contribution in [0.5, 0.6) is 0 Å². The van der Waals surface area contributed by atoms with Crippen LogP contribution in [0.1, 0.15) is 31.9 Å². The van der Waals surface area contributed by atoms with Crippen LogP contribution in [0.2, 0.25) is 0 Å². The first-order valence-corrected chi connectivity index (χ1v) is 5.31. The van der Waals surface area contributed by atoms with E-state index in [2.05, 4.69) is 0 Å². The summed E-state index contributed by atoms with van der Waals surface area (Å²) in [5.41, 5.74) is 1.81. The van der Waals surface area contributed by atoms with Crippen LogP contribution in [-0.2, 0) is 13.0 Å². The number of rotatable bonds is 3. The minimum Gasteiger partial charge on any atom is -0.392 e. The van der Waals surface area contributed by atoms with Gasteiger partial charge in [0.25, 0.3) is 0 Å². The lowest BCUT2D eigenvalue weighted by atomic mass is 9.84. The van der Waals surface area contributed by atoms with Crippen LogP contribution in [0.25, 0.3) is 0 Å². The number of benzene rings is 1. The number of aliphatic hydroxyl groups excluding tert-OH is 2. The molecule has 2 nitrogen and oxygen atoms in total. The Bertz CT molecular complexity index is 313. The predicted molar refractivity (Wildman–Crippen MR) is 61.5 cm³/mol. The third-order valence-corrected chi connectivity index (χ3v) is 2.70. The Morgan fingerprint density at radius 2 is 1.67 bits per heavy atom. The van der Waals surface area contributed by atoms with Gasteiger partial charge in [-0.15, -0.1) is 0 Å². The highest BCUT2D eigenvalue weighted by Gasteiger charge is 2.22. The topological polar surface area (TPSA) is 40.5 Å². The second kappa shape index (κ2) is 4.77. The van der Waals surface area contributed by atoms with Crippen molar-refractivity contribution in [1.82, 2.24) is 0 Å². The smallest absolute Gasteiger partial charge is 0.0684 e. The van der Waals surface area contributed by atoms with Crippen LogP contribution in [-0.4, -0.2) is 16.3 Å². The quantitative estimate of drug-likeness (QED) is 0.799. The van der Waals surface area contributed by atoms with Crippen molar-refractivity contribution in [3.8, 4) is 0 Å². The van der Waals surface area contributed by atoms with Gasteiger partial charge in [-0.25, -0.2) is 0 Å². The fraction of sp³-hybridized carbons (Fsp3) is 0.538. The van der Waals surface area contributed by atoms with Crippen molar-refractivity contribution in [3.05, 3.63) is 35.4 Å². The summed E-state index contributed by atoms with van der Waals surface area (Å²) in [6.07, 6.45) is 0.213. The molecular weight excluding hydrogens is 188 g/mol. The van der Waals surface area contributed by atoms with Gasteiger partial charge in [0.1, 0.15) is 0 Å². The van der Waals surface area contributed by atoms with Crippen molar-refractivity contribution in [2.45, 2.75) is 39.9 Å². The molecule has 0 saturated heterocycles. The highest BCUT2D eigenvalue weighted by Crippen LogP contribution is 2.23. The van der Waals surface area contributed by atoms with Crippen LogP contribution in [0.4, 0.5) is 0 Å². The SMILES string of the molecule is CC(C)(C)C(O)Cc1ccccc1CO. The summed E-state index contributed by atoms with van der Waals surface area (Å²) in [4.78, 5) is 0. The van der Waals surface area contributed by atoms with Crippen molar-refractivity contribution in [3.63, 3.8) is 0 Å². The molecule has 2 heteroatoms. The molecule has 0 fully saturated rings.